The summed E-state index contributed by atoms with van der Waals surface area (Å²) in [5, 5.41) is 4.89. The van der Waals surface area contributed by atoms with Gasteiger partial charge in [-0.15, -0.1) is 5.38 Å². The molecule has 1 aromatic rings. The second kappa shape index (κ2) is 6.47. The van der Waals surface area contributed by atoms with E-state index in [9.17, 15) is 0 Å². The van der Waals surface area contributed by atoms with Gasteiger partial charge in [0.1, 0.15) is 0 Å². The average Bonchev–Trinajstić information content (AvgIpc) is 1.76. The van der Waals surface area contributed by atoms with Crippen LogP contribution in [-0.2, 0) is 0 Å². The molecule has 0 amide bonds. The molecule has 0 atom stereocenters. The molecule has 7 heavy (non-hydrogen) atoms. The fourth-order valence-electron chi connectivity index (χ4n) is 0.196. The molecule has 0 spiro atoms. The zero-order chi connectivity index (χ0) is 3.54. The van der Waals surface area contributed by atoms with E-state index in [0.29, 0.717) is 0 Å². The smallest absolute Gasteiger partial charge is 0.358 e. The molecule has 1 rings (SSSR count). The molecule has 0 aromatic carbocycles. The summed E-state index contributed by atoms with van der Waals surface area (Å²) in [5.74, 6) is 0. The number of thiophene rings is 1. The predicted molar refractivity (Wildman–Crippen MR) is 35.3 cm³/mol. The topological polar surface area (TPSA) is 0 Å². The van der Waals surface area contributed by atoms with Crippen LogP contribution in [0.5, 0.6) is 0 Å². The van der Waals surface area contributed by atoms with Crippen LogP contribution in [0.4, 0.5) is 0 Å². The Labute approximate surface area is 64.7 Å². The molecule has 0 saturated heterocycles. The van der Waals surface area contributed by atoms with E-state index in [0.717, 1.165) is 0 Å². The third-order valence-corrected chi connectivity index (χ3v) is 0.944. The van der Waals surface area contributed by atoms with Crippen molar-refractivity contribution < 1.29 is 0 Å². The van der Waals surface area contributed by atoms with Crippen LogP contribution in [0.15, 0.2) is 17.5 Å². The zero-order valence-electron chi connectivity index (χ0n) is 4.35. The van der Waals surface area contributed by atoms with Gasteiger partial charge in [-0.05, 0) is 0 Å². The second-order valence-electron chi connectivity index (χ2n) is 0.731. The molecule has 1 heterocycles. The van der Waals surface area contributed by atoms with Crippen molar-refractivity contribution in [3.8, 4) is 0 Å². The van der Waals surface area contributed by atoms with Gasteiger partial charge in [0.05, 0.1) is 0 Å². The van der Waals surface area contributed by atoms with Crippen LogP contribution in [0, 0.1) is 12.8 Å². The van der Waals surface area contributed by atoms with Crippen molar-refractivity contribution in [1.29, 1.82) is 0 Å². The first-order valence-electron chi connectivity index (χ1n) is 1.40. The fraction of sp³-hybridized carbons (Fsp3) is 0. The van der Waals surface area contributed by atoms with E-state index in [1.54, 1.807) is 11.3 Å². The van der Waals surface area contributed by atoms with Crippen molar-refractivity contribution in [3.63, 3.8) is 0 Å². The van der Waals surface area contributed by atoms with Gasteiger partial charge in [-0.2, -0.15) is 11.4 Å². The van der Waals surface area contributed by atoms with Gasteiger partial charge in [0.25, 0.3) is 0 Å². The first-order valence-corrected chi connectivity index (χ1v) is 2.27. The molecule has 0 saturated carbocycles. The van der Waals surface area contributed by atoms with Crippen LogP contribution in [0.25, 0.3) is 0 Å². The van der Waals surface area contributed by atoms with Crippen molar-refractivity contribution in [2.24, 2.45) is 0 Å². The summed E-state index contributed by atoms with van der Waals surface area (Å²) in [5.41, 5.74) is 0. The standard InChI is InChI=1S/C4H3S.CH3.Mg/c1-2-4-5-3-1;;/h1-3H;1H3;/q2*-1;+2. The van der Waals surface area contributed by atoms with Crippen molar-refractivity contribution >= 4 is 34.4 Å². The maximum absolute atomic E-state index is 2.90. The number of hydrogen-bond donors (Lipinski definition) is 0. The van der Waals surface area contributed by atoms with E-state index in [1.165, 1.54) is 0 Å². The summed E-state index contributed by atoms with van der Waals surface area (Å²) in [6, 6.07) is 3.86. The quantitative estimate of drug-likeness (QED) is 0.362. The maximum Gasteiger partial charge on any atom is 2.00 e. The largest absolute Gasteiger partial charge is 2.00 e. The van der Waals surface area contributed by atoms with E-state index in [4.69, 9.17) is 0 Å². The molecular formula is C5H6MgS. The van der Waals surface area contributed by atoms with Crippen LogP contribution in [-0.4, -0.2) is 23.1 Å². The Hall–Kier alpha value is 0.466. The molecular weight excluding hydrogens is 116 g/mol. The minimum absolute atomic E-state index is 0. The van der Waals surface area contributed by atoms with Crippen LogP contribution >= 0.6 is 11.3 Å². The fourth-order valence-corrected chi connectivity index (χ4v) is 0.589. The van der Waals surface area contributed by atoms with Crippen LogP contribution in [0.2, 0.25) is 0 Å². The van der Waals surface area contributed by atoms with Gasteiger partial charge in [-0.3, -0.25) is 0 Å². The summed E-state index contributed by atoms with van der Waals surface area (Å²) >= 11 is 1.59. The van der Waals surface area contributed by atoms with Gasteiger partial charge in [-0.25, -0.2) is 6.07 Å². The van der Waals surface area contributed by atoms with E-state index in [2.05, 4.69) is 5.38 Å². The summed E-state index contributed by atoms with van der Waals surface area (Å²) in [6.45, 7) is 0. The van der Waals surface area contributed by atoms with Gasteiger partial charge in [0, 0.05) is 0 Å². The summed E-state index contributed by atoms with van der Waals surface area (Å²) in [6.07, 6.45) is 0. The third-order valence-electron chi connectivity index (χ3n) is 0.379. The number of rotatable bonds is 0. The van der Waals surface area contributed by atoms with Crippen molar-refractivity contribution in [2.75, 3.05) is 0 Å². The van der Waals surface area contributed by atoms with Crippen molar-refractivity contribution in [3.05, 3.63) is 30.3 Å². The molecule has 0 aliphatic carbocycles. The molecule has 0 radical (unpaired) electrons. The molecule has 0 N–H and O–H groups in total. The molecule has 0 aliphatic heterocycles. The van der Waals surface area contributed by atoms with Gasteiger partial charge < -0.3 is 18.8 Å². The minimum Gasteiger partial charge on any atom is -0.358 e. The van der Waals surface area contributed by atoms with Crippen LogP contribution in [0.1, 0.15) is 0 Å². The Morgan fingerprint density at radius 3 is 2.29 bits per heavy atom. The normalized spacial score (nSPS) is 5.71. The first kappa shape index (κ1) is 10.4. The van der Waals surface area contributed by atoms with Gasteiger partial charge >= 0.3 is 23.1 Å². The SMILES string of the molecule is [CH3-].[Mg+2].[c-]1cccs1. The molecule has 0 bridgehead atoms. The minimum atomic E-state index is 0. The van der Waals surface area contributed by atoms with E-state index >= 15 is 0 Å². The van der Waals surface area contributed by atoms with Gasteiger partial charge in [-0.1, -0.05) is 0 Å². The third kappa shape index (κ3) is 4.32. The molecule has 0 unspecified atom stereocenters. The second-order valence-corrected chi connectivity index (χ2v) is 1.47. The number of hydrogen-bond acceptors (Lipinski definition) is 1. The van der Waals surface area contributed by atoms with Crippen molar-refractivity contribution in [1.82, 2.24) is 0 Å². The Bertz CT molecular complexity index is 64.6. The summed E-state index contributed by atoms with van der Waals surface area (Å²) in [7, 11) is 0. The molecule has 2 heteroatoms. The zero-order valence-corrected chi connectivity index (χ0v) is 6.58. The summed E-state index contributed by atoms with van der Waals surface area (Å²) in [4.78, 5) is 0. The Balaban J connectivity index is 0. The monoisotopic (exact) mass is 122 g/mol. The van der Waals surface area contributed by atoms with Crippen LogP contribution in [0.3, 0.4) is 0 Å². The molecule has 0 aliphatic rings. The van der Waals surface area contributed by atoms with E-state index < -0.39 is 0 Å². The summed E-state index contributed by atoms with van der Waals surface area (Å²) < 4.78 is 0. The van der Waals surface area contributed by atoms with Crippen molar-refractivity contribution in [2.45, 2.75) is 0 Å². The first-order chi connectivity index (χ1) is 2.50. The van der Waals surface area contributed by atoms with Crippen LogP contribution < -0.4 is 0 Å². The Morgan fingerprint density at radius 1 is 1.43 bits per heavy atom. The van der Waals surface area contributed by atoms with E-state index in [1.807, 2.05) is 17.5 Å². The molecule has 34 valence electrons. The molecule has 0 nitrogen and oxygen atoms in total. The Kier molecular flexibility index (Phi) is 9.65. The molecule has 0 fully saturated rings. The Morgan fingerprint density at radius 2 is 2.14 bits per heavy atom. The van der Waals surface area contributed by atoms with Gasteiger partial charge in [0.15, 0.2) is 0 Å². The average molecular weight is 122 g/mol. The van der Waals surface area contributed by atoms with Gasteiger partial charge in [0.2, 0.25) is 0 Å². The predicted octanol–water partition coefficient (Wildman–Crippen LogP) is 1.62. The van der Waals surface area contributed by atoms with E-state index in [-0.39, 0.29) is 30.5 Å². The maximum atomic E-state index is 2.90. The molecule has 1 aromatic heterocycles.